The number of aromatic amines is 1. The quantitative estimate of drug-likeness (QED) is 0.566. The van der Waals surface area contributed by atoms with Crippen molar-refractivity contribution in [3.05, 3.63) is 60.9 Å². The summed E-state index contributed by atoms with van der Waals surface area (Å²) in [6, 6.07) is 7.57. The zero-order chi connectivity index (χ0) is 18.8. The molecular weight excluding hydrogens is 440 g/mol. The first-order valence-corrected chi connectivity index (χ1v) is 9.73. The second-order valence-electron chi connectivity index (χ2n) is 5.42. The summed E-state index contributed by atoms with van der Waals surface area (Å²) >= 11 is 10.9. The number of nitrogens with one attached hydrogen (secondary N) is 1. The molecule has 0 aliphatic heterocycles. The van der Waals surface area contributed by atoms with Crippen molar-refractivity contribution in [3.8, 4) is 0 Å². The number of esters is 1. The van der Waals surface area contributed by atoms with Crippen LogP contribution in [-0.2, 0) is 4.74 Å². The Morgan fingerprint density at radius 3 is 2.92 bits per heavy atom. The van der Waals surface area contributed by atoms with Gasteiger partial charge in [-0.1, -0.05) is 39.7 Å². The van der Waals surface area contributed by atoms with Crippen LogP contribution in [0.25, 0.3) is 21.3 Å². The highest BCUT2D eigenvalue weighted by Crippen LogP contribution is 2.29. The monoisotopic (exact) mass is 452 g/mol. The molecule has 0 saturated carbocycles. The Labute approximate surface area is 166 Å². The maximum Gasteiger partial charge on any atom is 0.348 e. The Balaban J connectivity index is 2.08. The van der Waals surface area contributed by atoms with E-state index in [1.165, 1.54) is 0 Å². The third-order valence-corrected chi connectivity index (χ3v) is 5.58. The molecule has 1 N–H and O–H groups in total. The average Bonchev–Trinajstić information content (AvgIpc) is 2.92. The van der Waals surface area contributed by atoms with Gasteiger partial charge in [-0.3, -0.25) is 4.79 Å². The molecule has 0 fully saturated rings. The lowest BCUT2D eigenvalue weighted by molar-refractivity contribution is 0.0531. The van der Waals surface area contributed by atoms with E-state index in [4.69, 9.17) is 16.3 Å². The van der Waals surface area contributed by atoms with Crippen molar-refractivity contribution in [1.29, 1.82) is 0 Å². The highest BCUT2D eigenvalue weighted by Gasteiger charge is 2.20. The van der Waals surface area contributed by atoms with Gasteiger partial charge in [-0.2, -0.15) is 0 Å². The van der Waals surface area contributed by atoms with Gasteiger partial charge in [0.05, 0.1) is 17.0 Å². The molecule has 5 nitrogen and oxygen atoms in total. The van der Waals surface area contributed by atoms with Crippen molar-refractivity contribution in [2.45, 2.75) is 13.8 Å². The second kappa shape index (κ2) is 7.73. The first-order valence-electron chi connectivity index (χ1n) is 7.74. The number of hydrogen-bond donors (Lipinski definition) is 1. The van der Waals surface area contributed by atoms with Crippen LogP contribution in [0.2, 0.25) is 0 Å². The van der Waals surface area contributed by atoms with E-state index in [9.17, 15) is 9.59 Å². The number of aromatic nitrogens is 2. The van der Waals surface area contributed by atoms with E-state index in [-0.39, 0.29) is 18.0 Å². The zero-order valence-corrected chi connectivity index (χ0v) is 17.1. The molecule has 2 heterocycles. The second-order valence-corrected chi connectivity index (χ2v) is 7.74. The number of nitrogens with zero attached hydrogens (tertiary/aromatic N) is 1. The van der Waals surface area contributed by atoms with Crippen molar-refractivity contribution in [3.63, 3.8) is 0 Å². The number of ether oxygens (including phenoxy) is 1. The Morgan fingerprint density at radius 2 is 2.23 bits per heavy atom. The van der Waals surface area contributed by atoms with Crippen LogP contribution < -0.4 is 5.56 Å². The van der Waals surface area contributed by atoms with Gasteiger partial charge in [0.2, 0.25) is 0 Å². The van der Waals surface area contributed by atoms with Crippen LogP contribution in [0, 0.1) is 6.92 Å². The first kappa shape index (κ1) is 18.8. The Kier molecular flexibility index (Phi) is 5.60. The Bertz CT molecular complexity index is 1090. The number of thiophene rings is 1. The van der Waals surface area contributed by atoms with Crippen molar-refractivity contribution in [2.24, 2.45) is 0 Å². The first-order chi connectivity index (χ1) is 12.4. The maximum atomic E-state index is 12.5. The fourth-order valence-corrected chi connectivity index (χ4v) is 4.17. The summed E-state index contributed by atoms with van der Waals surface area (Å²) < 4.78 is 5.95. The van der Waals surface area contributed by atoms with Crippen LogP contribution in [0.4, 0.5) is 0 Å². The molecule has 134 valence electrons. The summed E-state index contributed by atoms with van der Waals surface area (Å²) in [7, 11) is 0. The molecule has 0 aliphatic carbocycles. The van der Waals surface area contributed by atoms with E-state index < -0.39 is 5.97 Å². The van der Waals surface area contributed by atoms with E-state index in [2.05, 4.69) is 25.9 Å². The van der Waals surface area contributed by atoms with Crippen LogP contribution in [0.1, 0.15) is 33.5 Å². The van der Waals surface area contributed by atoms with Gasteiger partial charge in [0.15, 0.2) is 5.82 Å². The number of aryl methyl sites for hydroxylation is 1. The lowest BCUT2D eigenvalue weighted by Gasteiger charge is -2.01. The number of carbonyl (C=O) groups is 1. The van der Waals surface area contributed by atoms with Gasteiger partial charge in [-0.25, -0.2) is 9.78 Å². The predicted molar refractivity (Wildman–Crippen MR) is 109 cm³/mol. The molecule has 0 amide bonds. The summed E-state index contributed by atoms with van der Waals surface area (Å²) in [5.41, 5.74) is 1.09. The fraction of sp³-hybridized carbons (Fsp3) is 0.167. The number of rotatable bonds is 4. The predicted octanol–water partition coefficient (Wildman–Crippen LogP) is 4.97. The highest BCUT2D eigenvalue weighted by atomic mass is 79.9. The average molecular weight is 454 g/mol. The Morgan fingerprint density at radius 1 is 1.46 bits per heavy atom. The number of benzene rings is 1. The zero-order valence-electron chi connectivity index (χ0n) is 13.9. The molecule has 0 aliphatic rings. The number of carbonyl (C=O) groups excluding carboxylic acids is 1. The van der Waals surface area contributed by atoms with Crippen molar-refractivity contribution >= 4 is 66.2 Å². The molecule has 0 radical (unpaired) electrons. The van der Waals surface area contributed by atoms with E-state index in [1.54, 1.807) is 19.9 Å². The largest absolute Gasteiger partial charge is 0.462 e. The summed E-state index contributed by atoms with van der Waals surface area (Å²) in [6.45, 7) is 3.71. The molecule has 8 heteroatoms. The molecule has 0 bridgehead atoms. The number of H-pyrrole nitrogens is 1. The van der Waals surface area contributed by atoms with Gasteiger partial charge in [-0.15, -0.1) is 11.3 Å². The summed E-state index contributed by atoms with van der Waals surface area (Å²) in [5.74, 6) is -0.203. The topological polar surface area (TPSA) is 72.0 Å². The molecule has 0 unspecified atom stereocenters. The summed E-state index contributed by atoms with van der Waals surface area (Å²) in [6.07, 6.45) is 1.71. The minimum atomic E-state index is -0.454. The Hall–Kier alpha value is -1.96. The van der Waals surface area contributed by atoms with Gasteiger partial charge in [0.25, 0.3) is 5.56 Å². The molecular formula is C18H14BrClN2O3S. The summed E-state index contributed by atoms with van der Waals surface area (Å²) in [4.78, 5) is 32.5. The van der Waals surface area contributed by atoms with Gasteiger partial charge < -0.3 is 9.72 Å². The maximum absolute atomic E-state index is 12.5. The molecule has 3 rings (SSSR count). The van der Waals surface area contributed by atoms with Crippen LogP contribution in [0.3, 0.4) is 0 Å². The minimum Gasteiger partial charge on any atom is -0.462 e. The minimum absolute atomic E-state index is 0.251. The highest BCUT2D eigenvalue weighted by molar-refractivity contribution is 9.10. The smallest absolute Gasteiger partial charge is 0.348 e. The lowest BCUT2D eigenvalue weighted by Crippen LogP contribution is -2.10. The van der Waals surface area contributed by atoms with Crippen LogP contribution in [0.15, 0.2) is 33.5 Å². The normalized spacial score (nSPS) is 11.8. The van der Waals surface area contributed by atoms with Crippen molar-refractivity contribution in [1.82, 2.24) is 9.97 Å². The fourth-order valence-electron chi connectivity index (χ4n) is 2.46. The number of fused-ring (bicyclic) bond motifs is 1. The molecule has 0 saturated heterocycles. The SMILES string of the molecule is CCOC(=O)c1sc2nc(/C(Cl)=C/c3cccc(Br)c3)[nH]c(=O)c2c1C. The van der Waals surface area contributed by atoms with Gasteiger partial charge in [0.1, 0.15) is 9.71 Å². The lowest BCUT2D eigenvalue weighted by atomic mass is 10.2. The molecule has 1 aromatic carbocycles. The third kappa shape index (κ3) is 3.75. The van der Waals surface area contributed by atoms with Gasteiger partial charge in [-0.05, 0) is 43.2 Å². The third-order valence-electron chi connectivity index (χ3n) is 3.63. The summed E-state index contributed by atoms with van der Waals surface area (Å²) in [5, 5.41) is 0.680. The van der Waals surface area contributed by atoms with E-state index in [1.807, 2.05) is 24.3 Å². The van der Waals surface area contributed by atoms with E-state index in [0.29, 0.717) is 25.7 Å². The van der Waals surface area contributed by atoms with Gasteiger partial charge >= 0.3 is 5.97 Å². The molecule has 0 spiro atoms. The molecule has 0 atom stereocenters. The number of halogens is 2. The van der Waals surface area contributed by atoms with Crippen LogP contribution in [0.5, 0.6) is 0 Å². The molecule has 26 heavy (non-hydrogen) atoms. The number of hydrogen-bond acceptors (Lipinski definition) is 5. The van der Waals surface area contributed by atoms with E-state index >= 15 is 0 Å². The van der Waals surface area contributed by atoms with Crippen molar-refractivity contribution in [2.75, 3.05) is 6.61 Å². The molecule has 2 aromatic heterocycles. The van der Waals surface area contributed by atoms with E-state index in [0.717, 1.165) is 21.4 Å². The van der Waals surface area contributed by atoms with Crippen LogP contribution >= 0.6 is 38.9 Å². The van der Waals surface area contributed by atoms with Crippen molar-refractivity contribution < 1.29 is 9.53 Å². The molecule has 3 aromatic rings. The van der Waals surface area contributed by atoms with Crippen LogP contribution in [-0.4, -0.2) is 22.5 Å². The standard InChI is InChI=1S/C18H14BrClN2O3S/c1-3-25-18(24)14-9(2)13-16(23)21-15(22-17(13)26-14)12(20)8-10-5-4-6-11(19)7-10/h4-8H,3H2,1-2H3,(H,21,22,23)/b12-8-. The van der Waals surface area contributed by atoms with Gasteiger partial charge in [0, 0.05) is 4.47 Å².